The van der Waals surface area contributed by atoms with Gasteiger partial charge in [0.1, 0.15) is 0 Å². The van der Waals surface area contributed by atoms with Crippen LogP contribution in [0.1, 0.15) is 63.5 Å². The first-order chi connectivity index (χ1) is 11.7. The van der Waals surface area contributed by atoms with Crippen molar-refractivity contribution in [1.29, 1.82) is 0 Å². The Labute approximate surface area is 152 Å². The van der Waals surface area contributed by atoms with Crippen molar-refractivity contribution >= 4 is 17.7 Å². The molecule has 0 atom stereocenters. The first-order valence-corrected chi connectivity index (χ1v) is 10.4. The lowest BCUT2D eigenvalue weighted by atomic mass is 10.0. The fourth-order valence-corrected chi connectivity index (χ4v) is 2.34. The minimum absolute atomic E-state index is 0.0652. The maximum Gasteiger partial charge on any atom is 0.305 e. The van der Waals surface area contributed by atoms with Gasteiger partial charge < -0.3 is 4.74 Å². The normalized spacial score (nSPS) is 9.33. The summed E-state index contributed by atoms with van der Waals surface area (Å²) in [5, 5.41) is 0. The van der Waals surface area contributed by atoms with Crippen LogP contribution in [0.15, 0.2) is 24.3 Å². The zero-order chi connectivity index (χ0) is 18.0. The molecule has 24 heavy (non-hydrogen) atoms. The van der Waals surface area contributed by atoms with E-state index in [0.717, 1.165) is 24.8 Å². The van der Waals surface area contributed by atoms with Crippen molar-refractivity contribution in [3.63, 3.8) is 0 Å². The number of carbonyl (C=O) groups is 1. The van der Waals surface area contributed by atoms with Crippen LogP contribution in [0.2, 0.25) is 0 Å². The predicted octanol–water partition coefficient (Wildman–Crippen LogP) is 5.48. The summed E-state index contributed by atoms with van der Waals surface area (Å²) in [4.78, 5) is 11.2. The molecule has 0 fully saturated rings. The minimum Gasteiger partial charge on any atom is -0.466 e. The predicted molar refractivity (Wildman–Crippen MR) is 106 cm³/mol. The Balaban J connectivity index is 0.00000163. The standard InChI is InChI=1S/C19H26O2.C2H6S/c1-3-12-17-14-10-11-15-18(17)13-8-6-5-7-9-16-19(20)21-4-2;1-3-2/h10-11,14-15H,4-9,13,16H2,1-2H3;1-2H3. The van der Waals surface area contributed by atoms with Crippen LogP contribution in [0.4, 0.5) is 0 Å². The molecule has 1 aromatic carbocycles. The molecule has 0 unspecified atom stereocenters. The van der Waals surface area contributed by atoms with Gasteiger partial charge in [0.25, 0.3) is 0 Å². The van der Waals surface area contributed by atoms with Crippen molar-refractivity contribution in [2.75, 3.05) is 19.1 Å². The molecule has 0 heterocycles. The van der Waals surface area contributed by atoms with E-state index >= 15 is 0 Å². The number of aryl methyl sites for hydroxylation is 1. The summed E-state index contributed by atoms with van der Waals surface area (Å²) in [6, 6.07) is 8.37. The average molecular weight is 349 g/mol. The Hall–Kier alpha value is -1.40. The van der Waals surface area contributed by atoms with Crippen molar-refractivity contribution in [3.8, 4) is 11.8 Å². The zero-order valence-corrected chi connectivity index (χ0v) is 16.5. The Morgan fingerprint density at radius 2 is 1.71 bits per heavy atom. The van der Waals surface area contributed by atoms with Gasteiger partial charge in [0.15, 0.2) is 0 Å². The summed E-state index contributed by atoms with van der Waals surface area (Å²) in [5.74, 6) is 6.06. The van der Waals surface area contributed by atoms with E-state index < -0.39 is 0 Å². The van der Waals surface area contributed by atoms with Crippen LogP contribution >= 0.6 is 11.8 Å². The molecule has 0 aromatic heterocycles. The fraction of sp³-hybridized carbons (Fsp3) is 0.571. The summed E-state index contributed by atoms with van der Waals surface area (Å²) in [6.45, 7) is 4.21. The van der Waals surface area contributed by atoms with Crippen molar-refractivity contribution in [1.82, 2.24) is 0 Å². The van der Waals surface area contributed by atoms with Crippen molar-refractivity contribution in [3.05, 3.63) is 35.4 Å². The van der Waals surface area contributed by atoms with Gasteiger partial charge in [-0.3, -0.25) is 4.79 Å². The van der Waals surface area contributed by atoms with E-state index in [1.165, 1.54) is 24.8 Å². The van der Waals surface area contributed by atoms with Crippen LogP contribution < -0.4 is 0 Å². The molecule has 0 aliphatic rings. The highest BCUT2D eigenvalue weighted by Gasteiger charge is 2.01. The lowest BCUT2D eigenvalue weighted by Gasteiger charge is -2.05. The quantitative estimate of drug-likeness (QED) is 0.336. The molecule has 0 aliphatic heterocycles. The monoisotopic (exact) mass is 348 g/mol. The van der Waals surface area contributed by atoms with Crippen LogP contribution in [0.5, 0.6) is 0 Å². The second-order valence-electron chi connectivity index (χ2n) is 5.51. The highest BCUT2D eigenvalue weighted by molar-refractivity contribution is 7.97. The summed E-state index contributed by atoms with van der Waals surface area (Å²) in [7, 11) is 0. The Morgan fingerprint density at radius 3 is 2.38 bits per heavy atom. The van der Waals surface area contributed by atoms with Gasteiger partial charge in [-0.05, 0) is 57.3 Å². The molecule has 0 bridgehead atoms. The van der Waals surface area contributed by atoms with Gasteiger partial charge in [0, 0.05) is 12.0 Å². The second kappa shape index (κ2) is 16.5. The zero-order valence-electron chi connectivity index (χ0n) is 15.7. The third-order valence-corrected chi connectivity index (χ3v) is 3.41. The molecule has 0 spiro atoms. The topological polar surface area (TPSA) is 26.3 Å². The maximum absolute atomic E-state index is 11.2. The van der Waals surface area contributed by atoms with Crippen LogP contribution in [-0.2, 0) is 16.0 Å². The molecule has 0 saturated heterocycles. The number of hydrogen-bond donors (Lipinski definition) is 0. The van der Waals surface area contributed by atoms with E-state index in [1.807, 2.05) is 32.4 Å². The minimum atomic E-state index is -0.0652. The summed E-state index contributed by atoms with van der Waals surface area (Å²) >= 11 is 1.75. The number of esters is 1. The molecule has 134 valence electrons. The molecule has 1 aromatic rings. The SMILES string of the molecule is CC#Cc1ccccc1CCCCCCCC(=O)OCC.CSC. The van der Waals surface area contributed by atoms with Gasteiger partial charge in [0.2, 0.25) is 0 Å². The summed E-state index contributed by atoms with van der Waals surface area (Å²) in [5.41, 5.74) is 2.50. The van der Waals surface area contributed by atoms with E-state index in [9.17, 15) is 4.79 Å². The number of ether oxygens (including phenoxy) is 1. The Bertz CT molecular complexity index is 500. The number of unbranched alkanes of at least 4 members (excludes halogenated alkanes) is 4. The van der Waals surface area contributed by atoms with Gasteiger partial charge in [-0.15, -0.1) is 5.92 Å². The van der Waals surface area contributed by atoms with Crippen LogP contribution in [0, 0.1) is 11.8 Å². The average Bonchev–Trinajstić information content (AvgIpc) is 2.56. The first kappa shape index (κ1) is 22.6. The van der Waals surface area contributed by atoms with Gasteiger partial charge >= 0.3 is 5.97 Å². The molecule has 0 N–H and O–H groups in total. The van der Waals surface area contributed by atoms with E-state index in [4.69, 9.17) is 4.74 Å². The third-order valence-electron chi connectivity index (χ3n) is 3.41. The van der Waals surface area contributed by atoms with E-state index in [0.29, 0.717) is 13.0 Å². The van der Waals surface area contributed by atoms with Crippen molar-refractivity contribution in [2.24, 2.45) is 0 Å². The van der Waals surface area contributed by atoms with E-state index in [-0.39, 0.29) is 5.97 Å². The molecular weight excluding hydrogens is 316 g/mol. The van der Waals surface area contributed by atoms with Gasteiger partial charge in [-0.2, -0.15) is 11.8 Å². The lowest BCUT2D eigenvalue weighted by Crippen LogP contribution is -2.03. The number of hydrogen-bond acceptors (Lipinski definition) is 3. The summed E-state index contributed by atoms with van der Waals surface area (Å²) in [6.07, 6.45) is 11.3. The molecule has 0 aliphatic carbocycles. The molecule has 0 amide bonds. The highest BCUT2D eigenvalue weighted by atomic mass is 32.2. The van der Waals surface area contributed by atoms with E-state index in [2.05, 4.69) is 30.0 Å². The van der Waals surface area contributed by atoms with E-state index in [1.54, 1.807) is 11.8 Å². The summed E-state index contributed by atoms with van der Waals surface area (Å²) < 4.78 is 4.91. The first-order valence-electron chi connectivity index (χ1n) is 8.75. The Kier molecular flexibility index (Phi) is 15.5. The number of rotatable bonds is 9. The fourth-order valence-electron chi connectivity index (χ4n) is 2.34. The Morgan fingerprint density at radius 1 is 1.08 bits per heavy atom. The van der Waals surface area contributed by atoms with Gasteiger partial charge in [-0.25, -0.2) is 0 Å². The molecule has 0 saturated carbocycles. The third kappa shape index (κ3) is 12.1. The smallest absolute Gasteiger partial charge is 0.305 e. The molecule has 2 nitrogen and oxygen atoms in total. The maximum atomic E-state index is 11.2. The van der Waals surface area contributed by atoms with Crippen LogP contribution in [0.25, 0.3) is 0 Å². The number of thioether (sulfide) groups is 1. The molecule has 3 heteroatoms. The van der Waals surface area contributed by atoms with Crippen molar-refractivity contribution in [2.45, 2.75) is 58.8 Å². The second-order valence-corrected chi connectivity index (χ2v) is 6.33. The molecule has 1 rings (SSSR count). The van der Waals surface area contributed by atoms with Crippen molar-refractivity contribution < 1.29 is 9.53 Å². The largest absolute Gasteiger partial charge is 0.466 e. The lowest BCUT2D eigenvalue weighted by molar-refractivity contribution is -0.143. The van der Waals surface area contributed by atoms with Gasteiger partial charge in [0.05, 0.1) is 6.61 Å². The molecule has 0 radical (unpaired) electrons. The number of benzene rings is 1. The molecular formula is C21H32O2S. The van der Waals surface area contributed by atoms with Crippen LogP contribution in [0.3, 0.4) is 0 Å². The number of carbonyl (C=O) groups excluding carboxylic acids is 1. The van der Waals surface area contributed by atoms with Crippen LogP contribution in [-0.4, -0.2) is 25.1 Å². The highest BCUT2D eigenvalue weighted by Crippen LogP contribution is 2.13. The van der Waals surface area contributed by atoms with Gasteiger partial charge in [-0.1, -0.05) is 43.4 Å².